The van der Waals surface area contributed by atoms with Crippen molar-refractivity contribution in [2.24, 2.45) is 0 Å². The van der Waals surface area contributed by atoms with Gasteiger partial charge in [0.1, 0.15) is 11.6 Å². The summed E-state index contributed by atoms with van der Waals surface area (Å²) in [6.45, 7) is 1.02. The molecule has 0 spiro atoms. The first-order valence-corrected chi connectivity index (χ1v) is 4.15. The number of nitrogens with one attached hydrogen (secondary N) is 1. The van der Waals surface area contributed by atoms with Crippen LogP contribution in [0.4, 0.5) is 4.39 Å². The normalized spacial score (nSPS) is 12.5. The molecule has 1 rings (SSSR count). The molecule has 1 aromatic rings. The van der Waals surface area contributed by atoms with E-state index < -0.39 is 12.7 Å². The number of aromatic nitrogens is 2. The van der Waals surface area contributed by atoms with Crippen LogP contribution >= 0.6 is 11.5 Å². The van der Waals surface area contributed by atoms with Crippen molar-refractivity contribution >= 4 is 17.4 Å². The minimum absolute atomic E-state index is 0.324. The van der Waals surface area contributed by atoms with Crippen LogP contribution in [-0.2, 0) is 0 Å². The molecule has 1 atom stereocenters. The predicted molar refractivity (Wildman–Crippen MR) is 42.8 cm³/mol. The Kier molecular flexibility index (Phi) is 3.09. The molecule has 0 aliphatic heterocycles. The number of rotatable bonds is 3. The maximum atomic E-state index is 11.9. The van der Waals surface area contributed by atoms with Gasteiger partial charge in [0.2, 0.25) is 0 Å². The second-order valence-electron chi connectivity index (χ2n) is 2.31. The Balaban J connectivity index is 2.50. The molecule has 1 aromatic heterocycles. The number of carbonyl (C=O) groups is 1. The third-order valence-corrected chi connectivity index (χ3v) is 1.86. The smallest absolute Gasteiger partial charge is 0.264 e. The van der Waals surface area contributed by atoms with E-state index >= 15 is 0 Å². The zero-order chi connectivity index (χ0) is 8.97. The summed E-state index contributed by atoms with van der Waals surface area (Å²) in [4.78, 5) is 11.5. The molecule has 0 aliphatic carbocycles. The number of carbonyl (C=O) groups excluding carboxylic acids is 1. The Bertz CT molecular complexity index is 251. The van der Waals surface area contributed by atoms with E-state index in [1.54, 1.807) is 6.92 Å². The Labute approximate surface area is 73.0 Å². The fourth-order valence-electron chi connectivity index (χ4n) is 0.601. The maximum Gasteiger partial charge on any atom is 0.264 e. The van der Waals surface area contributed by atoms with E-state index in [9.17, 15) is 9.18 Å². The van der Waals surface area contributed by atoms with Crippen molar-refractivity contribution in [3.63, 3.8) is 0 Å². The van der Waals surface area contributed by atoms with Gasteiger partial charge in [0.05, 0.1) is 12.2 Å². The molecule has 1 N–H and O–H groups in total. The zero-order valence-corrected chi connectivity index (χ0v) is 7.27. The molecule has 6 heteroatoms. The van der Waals surface area contributed by atoms with Crippen LogP contribution in [0.15, 0.2) is 6.20 Å². The quantitative estimate of drug-likeness (QED) is 0.758. The van der Waals surface area contributed by atoms with E-state index in [1.807, 2.05) is 0 Å². The molecule has 66 valence electrons. The van der Waals surface area contributed by atoms with Gasteiger partial charge in [-0.15, -0.1) is 5.10 Å². The van der Waals surface area contributed by atoms with Gasteiger partial charge in [0, 0.05) is 0 Å². The van der Waals surface area contributed by atoms with Crippen molar-refractivity contribution in [1.29, 1.82) is 0 Å². The van der Waals surface area contributed by atoms with E-state index in [0.29, 0.717) is 4.88 Å². The Morgan fingerprint density at radius 1 is 1.92 bits per heavy atom. The minimum atomic E-state index is -0.571. The highest BCUT2D eigenvalue weighted by Crippen LogP contribution is 2.01. The minimum Gasteiger partial charge on any atom is -0.346 e. The van der Waals surface area contributed by atoms with Gasteiger partial charge in [0.15, 0.2) is 0 Å². The fourth-order valence-corrected chi connectivity index (χ4v) is 1.02. The summed E-state index contributed by atoms with van der Waals surface area (Å²) in [6.07, 6.45) is 1.35. The monoisotopic (exact) mass is 189 g/mol. The van der Waals surface area contributed by atoms with E-state index in [1.165, 1.54) is 6.20 Å². The molecule has 0 fully saturated rings. The molecule has 12 heavy (non-hydrogen) atoms. The highest BCUT2D eigenvalue weighted by Gasteiger charge is 2.10. The fraction of sp³-hybridized carbons (Fsp3) is 0.500. The summed E-state index contributed by atoms with van der Waals surface area (Å²) in [5, 5.41) is 5.94. The van der Waals surface area contributed by atoms with Crippen LogP contribution in [0.3, 0.4) is 0 Å². The molecule has 0 saturated carbocycles. The lowest BCUT2D eigenvalue weighted by molar-refractivity contribution is 0.0938. The highest BCUT2D eigenvalue weighted by atomic mass is 32.1. The van der Waals surface area contributed by atoms with Crippen molar-refractivity contribution in [3.05, 3.63) is 11.1 Å². The zero-order valence-electron chi connectivity index (χ0n) is 6.45. The van der Waals surface area contributed by atoms with E-state index in [0.717, 1.165) is 11.5 Å². The van der Waals surface area contributed by atoms with Gasteiger partial charge in [-0.25, -0.2) is 4.39 Å². The van der Waals surface area contributed by atoms with Crippen molar-refractivity contribution in [2.75, 3.05) is 6.67 Å². The van der Waals surface area contributed by atoms with Crippen molar-refractivity contribution in [2.45, 2.75) is 13.0 Å². The second-order valence-corrected chi connectivity index (χ2v) is 3.10. The summed E-state index contributed by atoms with van der Waals surface area (Å²) in [6, 6.07) is -0.459. The number of alkyl halides is 1. The van der Waals surface area contributed by atoms with Crippen molar-refractivity contribution in [3.8, 4) is 0 Å². The number of hydrogen-bond donors (Lipinski definition) is 1. The van der Waals surface area contributed by atoms with Crippen LogP contribution in [0.2, 0.25) is 0 Å². The van der Waals surface area contributed by atoms with Crippen molar-refractivity contribution < 1.29 is 9.18 Å². The topological polar surface area (TPSA) is 54.9 Å². The van der Waals surface area contributed by atoms with Gasteiger partial charge < -0.3 is 5.32 Å². The Hall–Kier alpha value is -1.04. The molecule has 1 unspecified atom stereocenters. The third-order valence-electron chi connectivity index (χ3n) is 1.19. The number of nitrogens with zero attached hydrogens (tertiary/aromatic N) is 2. The molecular weight excluding hydrogens is 181 g/mol. The van der Waals surface area contributed by atoms with Crippen LogP contribution in [0.1, 0.15) is 16.6 Å². The second kappa shape index (κ2) is 4.10. The summed E-state index contributed by atoms with van der Waals surface area (Å²) in [5.41, 5.74) is 0. The van der Waals surface area contributed by atoms with E-state index in [4.69, 9.17) is 0 Å². The SMILES string of the molecule is CC(CF)NC(=O)c1cnns1. The molecule has 0 saturated heterocycles. The number of halogens is 1. The molecule has 1 amide bonds. The van der Waals surface area contributed by atoms with Crippen molar-refractivity contribution in [1.82, 2.24) is 14.9 Å². The predicted octanol–water partition coefficient (Wildman–Crippen LogP) is 0.626. The highest BCUT2D eigenvalue weighted by molar-refractivity contribution is 7.07. The van der Waals surface area contributed by atoms with Crippen LogP contribution in [0.25, 0.3) is 0 Å². The molecule has 4 nitrogen and oxygen atoms in total. The standard InChI is InChI=1S/C6H8FN3OS/c1-4(2-7)9-6(11)5-3-8-10-12-5/h3-4H,2H2,1H3,(H,9,11). The van der Waals surface area contributed by atoms with E-state index in [-0.39, 0.29) is 5.91 Å². The van der Waals surface area contributed by atoms with E-state index in [2.05, 4.69) is 14.9 Å². The molecule has 0 aromatic carbocycles. The lowest BCUT2D eigenvalue weighted by Crippen LogP contribution is -2.33. The first kappa shape index (κ1) is 9.05. The summed E-state index contributed by atoms with van der Waals surface area (Å²) < 4.78 is 15.5. The van der Waals surface area contributed by atoms with Gasteiger partial charge in [-0.05, 0) is 18.5 Å². The number of hydrogen-bond acceptors (Lipinski definition) is 4. The molecule has 1 heterocycles. The molecular formula is C6H8FN3OS. The van der Waals surface area contributed by atoms with Gasteiger partial charge in [-0.1, -0.05) is 4.49 Å². The lowest BCUT2D eigenvalue weighted by atomic mass is 10.3. The largest absolute Gasteiger partial charge is 0.346 e. The first-order chi connectivity index (χ1) is 5.74. The van der Waals surface area contributed by atoms with Gasteiger partial charge in [0.25, 0.3) is 5.91 Å². The maximum absolute atomic E-state index is 11.9. The Morgan fingerprint density at radius 2 is 2.67 bits per heavy atom. The van der Waals surface area contributed by atoms with Crippen LogP contribution < -0.4 is 5.32 Å². The van der Waals surface area contributed by atoms with Gasteiger partial charge in [-0.3, -0.25) is 4.79 Å². The van der Waals surface area contributed by atoms with Gasteiger partial charge in [-0.2, -0.15) is 0 Å². The average molecular weight is 189 g/mol. The third kappa shape index (κ3) is 2.23. The molecule has 0 aliphatic rings. The Morgan fingerprint density at radius 3 is 3.17 bits per heavy atom. The summed E-state index contributed by atoms with van der Waals surface area (Å²) in [5.74, 6) is -0.324. The molecule has 0 radical (unpaired) electrons. The van der Waals surface area contributed by atoms with Crippen LogP contribution in [0, 0.1) is 0 Å². The van der Waals surface area contributed by atoms with Gasteiger partial charge >= 0.3 is 0 Å². The van der Waals surface area contributed by atoms with Crippen LogP contribution in [-0.4, -0.2) is 28.2 Å². The molecule has 0 bridgehead atoms. The lowest BCUT2D eigenvalue weighted by Gasteiger charge is -2.06. The average Bonchev–Trinajstić information content (AvgIpc) is 2.56. The van der Waals surface area contributed by atoms with Crippen LogP contribution in [0.5, 0.6) is 0 Å². The first-order valence-electron chi connectivity index (χ1n) is 3.38. The number of amides is 1. The summed E-state index contributed by atoms with van der Waals surface area (Å²) >= 11 is 0.988. The summed E-state index contributed by atoms with van der Waals surface area (Å²) in [7, 11) is 0.